The van der Waals surface area contributed by atoms with Crippen LogP contribution in [0.25, 0.3) is 22.0 Å². The highest BCUT2D eigenvalue weighted by molar-refractivity contribution is 5.96. The maximum absolute atomic E-state index is 13.1. The Kier molecular flexibility index (Phi) is 3.09. The van der Waals surface area contributed by atoms with Crippen molar-refractivity contribution in [3.63, 3.8) is 0 Å². The summed E-state index contributed by atoms with van der Waals surface area (Å²) in [7, 11) is 0. The Bertz CT molecular complexity index is 751. The predicted octanol–water partition coefficient (Wildman–Crippen LogP) is 5.34. The number of hydrogen-bond acceptors (Lipinski definition) is 0. The molecule has 0 radical (unpaired) electrons. The van der Waals surface area contributed by atoms with E-state index < -0.39 is 0 Å². The van der Waals surface area contributed by atoms with Gasteiger partial charge in [-0.3, -0.25) is 0 Å². The van der Waals surface area contributed by atoms with E-state index in [1.807, 2.05) is 12.1 Å². The number of benzene rings is 2. The van der Waals surface area contributed by atoms with Crippen molar-refractivity contribution >= 4 is 10.9 Å². The summed E-state index contributed by atoms with van der Waals surface area (Å²) in [6.45, 7) is 6.45. The van der Waals surface area contributed by atoms with Gasteiger partial charge in [0.25, 0.3) is 0 Å². The average molecular weight is 267 g/mol. The minimum atomic E-state index is -0.197. The molecule has 3 aromatic rings. The number of aromatic nitrogens is 1. The van der Waals surface area contributed by atoms with E-state index in [0.717, 1.165) is 11.1 Å². The number of fused-ring (bicyclic) bond motifs is 1. The third-order valence-electron chi connectivity index (χ3n) is 3.70. The van der Waals surface area contributed by atoms with Crippen LogP contribution in [0.5, 0.6) is 0 Å². The third-order valence-corrected chi connectivity index (χ3v) is 3.70. The smallest absolute Gasteiger partial charge is 0.123 e. The normalized spacial score (nSPS) is 11.4. The Morgan fingerprint density at radius 2 is 1.70 bits per heavy atom. The Morgan fingerprint density at radius 3 is 2.35 bits per heavy atom. The van der Waals surface area contributed by atoms with E-state index in [0.29, 0.717) is 6.04 Å². The van der Waals surface area contributed by atoms with Crippen LogP contribution in [-0.4, -0.2) is 4.57 Å². The van der Waals surface area contributed by atoms with Crippen LogP contribution in [-0.2, 0) is 0 Å². The van der Waals surface area contributed by atoms with Gasteiger partial charge in [-0.2, -0.15) is 0 Å². The second kappa shape index (κ2) is 4.78. The molecule has 0 unspecified atom stereocenters. The van der Waals surface area contributed by atoms with Gasteiger partial charge in [0.2, 0.25) is 0 Å². The van der Waals surface area contributed by atoms with Gasteiger partial charge in [-0.15, -0.1) is 0 Å². The van der Waals surface area contributed by atoms with Gasteiger partial charge in [0.05, 0.1) is 0 Å². The summed E-state index contributed by atoms with van der Waals surface area (Å²) in [5.74, 6) is -0.197. The molecule has 0 bridgehead atoms. The van der Waals surface area contributed by atoms with E-state index in [9.17, 15) is 4.39 Å². The van der Waals surface area contributed by atoms with Crippen LogP contribution in [0.2, 0.25) is 0 Å². The maximum atomic E-state index is 13.1. The van der Waals surface area contributed by atoms with Crippen molar-refractivity contribution in [1.82, 2.24) is 4.57 Å². The molecule has 0 aliphatic heterocycles. The zero-order chi connectivity index (χ0) is 14.3. The zero-order valence-corrected chi connectivity index (χ0v) is 12.0. The lowest BCUT2D eigenvalue weighted by Crippen LogP contribution is -1.97. The van der Waals surface area contributed by atoms with Crippen molar-refractivity contribution < 1.29 is 4.39 Å². The molecule has 1 aromatic heterocycles. The fraction of sp³-hybridized carbons (Fsp3) is 0.222. The fourth-order valence-electron chi connectivity index (χ4n) is 2.66. The minimum Gasteiger partial charge on any atom is -0.344 e. The van der Waals surface area contributed by atoms with E-state index in [1.54, 1.807) is 0 Å². The first kappa shape index (κ1) is 12.9. The fourth-order valence-corrected chi connectivity index (χ4v) is 2.66. The van der Waals surface area contributed by atoms with Crippen LogP contribution in [0.15, 0.2) is 48.7 Å². The van der Waals surface area contributed by atoms with Crippen molar-refractivity contribution in [2.24, 2.45) is 0 Å². The molecule has 3 rings (SSSR count). The number of halogens is 1. The minimum absolute atomic E-state index is 0.197. The molecule has 20 heavy (non-hydrogen) atoms. The predicted molar refractivity (Wildman–Crippen MR) is 82.5 cm³/mol. The molecule has 0 saturated carbocycles. The van der Waals surface area contributed by atoms with E-state index in [2.05, 4.69) is 49.7 Å². The molecule has 102 valence electrons. The number of rotatable bonds is 2. The van der Waals surface area contributed by atoms with Crippen molar-refractivity contribution in [2.75, 3.05) is 0 Å². The number of hydrogen-bond donors (Lipinski definition) is 0. The Labute approximate surface area is 118 Å². The van der Waals surface area contributed by atoms with Gasteiger partial charge >= 0.3 is 0 Å². The van der Waals surface area contributed by atoms with Gasteiger partial charge in [0, 0.05) is 28.7 Å². The summed E-state index contributed by atoms with van der Waals surface area (Å²) in [5, 5.41) is 1.23. The number of aryl methyl sites for hydroxylation is 1. The van der Waals surface area contributed by atoms with E-state index in [4.69, 9.17) is 0 Å². The Morgan fingerprint density at radius 1 is 1.00 bits per heavy atom. The van der Waals surface area contributed by atoms with Gasteiger partial charge in [-0.05, 0) is 50.6 Å². The van der Waals surface area contributed by atoms with Crippen LogP contribution in [0, 0.1) is 12.7 Å². The highest BCUT2D eigenvalue weighted by Gasteiger charge is 2.12. The second-order valence-electron chi connectivity index (χ2n) is 5.57. The lowest BCUT2D eigenvalue weighted by Gasteiger charge is -2.08. The Balaban J connectivity index is 2.29. The van der Waals surface area contributed by atoms with Gasteiger partial charge < -0.3 is 4.57 Å². The summed E-state index contributed by atoms with van der Waals surface area (Å²) in [6, 6.07) is 13.6. The van der Waals surface area contributed by atoms with Gasteiger partial charge in [0.15, 0.2) is 0 Å². The standard InChI is InChI=1S/C18H18FN/c1-12(2)20-11-17(14-5-7-15(19)8-6-14)16-10-13(3)4-9-18(16)20/h4-12H,1-3H3. The maximum Gasteiger partial charge on any atom is 0.123 e. The molecule has 2 heteroatoms. The zero-order valence-electron chi connectivity index (χ0n) is 12.0. The first-order valence-electron chi connectivity index (χ1n) is 6.93. The monoisotopic (exact) mass is 267 g/mol. The molecule has 0 fully saturated rings. The van der Waals surface area contributed by atoms with E-state index >= 15 is 0 Å². The molecule has 0 amide bonds. The molecule has 0 aliphatic carbocycles. The molecule has 1 nitrogen and oxygen atoms in total. The summed E-state index contributed by atoms with van der Waals surface area (Å²) < 4.78 is 15.4. The topological polar surface area (TPSA) is 4.93 Å². The van der Waals surface area contributed by atoms with Crippen molar-refractivity contribution in [2.45, 2.75) is 26.8 Å². The lowest BCUT2D eigenvalue weighted by molar-refractivity contribution is 0.623. The first-order valence-corrected chi connectivity index (χ1v) is 6.93. The average Bonchev–Trinajstić information content (AvgIpc) is 2.78. The highest BCUT2D eigenvalue weighted by atomic mass is 19.1. The molecule has 2 aromatic carbocycles. The van der Waals surface area contributed by atoms with Crippen LogP contribution in [0.3, 0.4) is 0 Å². The van der Waals surface area contributed by atoms with Crippen molar-refractivity contribution in [3.8, 4) is 11.1 Å². The molecule has 0 saturated heterocycles. The molecule has 0 atom stereocenters. The summed E-state index contributed by atoms with van der Waals surface area (Å²) >= 11 is 0. The molecular formula is C18H18FN. The van der Waals surface area contributed by atoms with Gasteiger partial charge in [0.1, 0.15) is 5.82 Å². The summed E-state index contributed by atoms with van der Waals surface area (Å²) in [6.07, 6.45) is 2.17. The SMILES string of the molecule is Cc1ccc2c(c1)c(-c1ccc(F)cc1)cn2C(C)C. The lowest BCUT2D eigenvalue weighted by atomic mass is 10.0. The highest BCUT2D eigenvalue weighted by Crippen LogP contribution is 2.33. The number of nitrogens with zero attached hydrogens (tertiary/aromatic N) is 1. The molecule has 0 spiro atoms. The Hall–Kier alpha value is -2.09. The van der Waals surface area contributed by atoms with Crippen LogP contribution in [0.1, 0.15) is 25.5 Å². The van der Waals surface area contributed by atoms with Gasteiger partial charge in [-0.1, -0.05) is 23.8 Å². The van der Waals surface area contributed by atoms with E-state index in [1.165, 1.54) is 28.6 Å². The first-order chi connectivity index (χ1) is 9.56. The summed E-state index contributed by atoms with van der Waals surface area (Å²) in [4.78, 5) is 0. The van der Waals surface area contributed by atoms with E-state index in [-0.39, 0.29) is 5.82 Å². The molecule has 0 N–H and O–H groups in total. The van der Waals surface area contributed by atoms with Crippen molar-refractivity contribution in [3.05, 3.63) is 60.0 Å². The van der Waals surface area contributed by atoms with Crippen molar-refractivity contribution in [1.29, 1.82) is 0 Å². The third kappa shape index (κ3) is 2.11. The van der Waals surface area contributed by atoms with Crippen LogP contribution < -0.4 is 0 Å². The summed E-state index contributed by atoms with van der Waals surface area (Å²) in [5.41, 5.74) is 4.69. The second-order valence-corrected chi connectivity index (χ2v) is 5.57. The van der Waals surface area contributed by atoms with Crippen LogP contribution >= 0.6 is 0 Å². The largest absolute Gasteiger partial charge is 0.344 e. The molecular weight excluding hydrogens is 249 g/mol. The molecule has 0 aliphatic rings. The molecule has 1 heterocycles. The quantitative estimate of drug-likeness (QED) is 0.591. The van der Waals surface area contributed by atoms with Gasteiger partial charge in [-0.25, -0.2) is 4.39 Å². The van der Waals surface area contributed by atoms with Crippen LogP contribution in [0.4, 0.5) is 4.39 Å².